The van der Waals surface area contributed by atoms with E-state index >= 15 is 0 Å². The van der Waals surface area contributed by atoms with E-state index in [1.54, 1.807) is 6.20 Å². The first kappa shape index (κ1) is 21.3. The van der Waals surface area contributed by atoms with Crippen molar-refractivity contribution in [1.82, 2.24) is 14.9 Å². The molecule has 7 heteroatoms. The third-order valence-electron chi connectivity index (χ3n) is 6.10. The fourth-order valence-electron chi connectivity index (χ4n) is 4.32. The minimum absolute atomic E-state index is 0.0289. The maximum Gasteiger partial charge on any atom is 0.254 e. The molecule has 3 heterocycles. The molecule has 2 aromatic carbocycles. The largest absolute Gasteiger partial charge is 0.339 e. The van der Waals surface area contributed by atoms with Gasteiger partial charge in [0, 0.05) is 30.8 Å². The van der Waals surface area contributed by atoms with Crippen LogP contribution in [0.15, 0.2) is 66.9 Å². The Kier molecular flexibility index (Phi) is 5.88. The lowest BCUT2D eigenvalue weighted by atomic mass is 9.95. The molecule has 5 rings (SSSR count). The third-order valence-corrected chi connectivity index (χ3v) is 7.19. The molecule has 1 saturated heterocycles. The van der Waals surface area contributed by atoms with Gasteiger partial charge in [-0.1, -0.05) is 53.8 Å². The number of nitrogens with one attached hydrogen (secondary N) is 1. The van der Waals surface area contributed by atoms with Gasteiger partial charge in [-0.3, -0.25) is 14.6 Å². The Morgan fingerprint density at radius 2 is 1.76 bits per heavy atom. The number of nitrogens with zero attached hydrogens (tertiary/aromatic N) is 3. The number of carbonyl (C=O) groups excluding carboxylic acids is 2. The van der Waals surface area contributed by atoms with Gasteiger partial charge < -0.3 is 10.2 Å². The van der Waals surface area contributed by atoms with Crippen molar-refractivity contribution in [3.8, 4) is 10.6 Å². The van der Waals surface area contributed by atoms with E-state index in [9.17, 15) is 9.59 Å². The summed E-state index contributed by atoms with van der Waals surface area (Å²) < 4.78 is 0. The van der Waals surface area contributed by atoms with Crippen LogP contribution in [0, 0.1) is 12.8 Å². The van der Waals surface area contributed by atoms with Gasteiger partial charge in [0.15, 0.2) is 5.13 Å². The number of rotatable bonds is 4. The summed E-state index contributed by atoms with van der Waals surface area (Å²) in [4.78, 5) is 37.8. The van der Waals surface area contributed by atoms with Crippen molar-refractivity contribution in [3.05, 3.63) is 78.1 Å². The summed E-state index contributed by atoms with van der Waals surface area (Å²) in [6.07, 6.45) is 3.03. The quantitative estimate of drug-likeness (QED) is 0.460. The highest BCUT2D eigenvalue weighted by Gasteiger charge is 2.29. The van der Waals surface area contributed by atoms with Crippen LogP contribution in [0.4, 0.5) is 5.13 Å². The summed E-state index contributed by atoms with van der Waals surface area (Å²) in [6, 6.07) is 19.5. The summed E-state index contributed by atoms with van der Waals surface area (Å²) >= 11 is 1.44. The minimum atomic E-state index is -0.135. The molecule has 6 nitrogen and oxygen atoms in total. The summed E-state index contributed by atoms with van der Waals surface area (Å²) in [5, 5.41) is 5.59. The molecule has 1 aliphatic heterocycles. The van der Waals surface area contributed by atoms with E-state index in [-0.39, 0.29) is 17.7 Å². The fourth-order valence-corrected chi connectivity index (χ4v) is 5.27. The fraction of sp³-hybridized carbons (Fsp3) is 0.231. The number of thiazole rings is 1. The molecule has 1 fully saturated rings. The second-order valence-electron chi connectivity index (χ2n) is 8.23. The number of pyridine rings is 1. The third kappa shape index (κ3) is 4.36. The Hall–Kier alpha value is -3.58. The SMILES string of the molecule is Cc1nc(NC(=O)C2CCN(C(=O)c3cccc4ccccc34)CC2)sc1-c1ccccn1. The first-order valence-electron chi connectivity index (χ1n) is 11.1. The van der Waals surface area contributed by atoms with E-state index in [1.807, 2.05) is 72.5 Å². The molecular formula is C26H24N4O2S. The molecule has 0 bridgehead atoms. The van der Waals surface area contributed by atoms with E-state index in [4.69, 9.17) is 0 Å². The van der Waals surface area contributed by atoms with Crippen LogP contribution in [0.3, 0.4) is 0 Å². The molecule has 2 amide bonds. The zero-order valence-corrected chi connectivity index (χ0v) is 19.1. The molecular weight excluding hydrogens is 432 g/mol. The molecule has 4 aromatic rings. The number of anilines is 1. The van der Waals surface area contributed by atoms with E-state index < -0.39 is 0 Å². The molecule has 1 aliphatic rings. The number of benzene rings is 2. The lowest BCUT2D eigenvalue weighted by Gasteiger charge is -2.31. The van der Waals surface area contributed by atoms with Crippen LogP contribution in [0.2, 0.25) is 0 Å². The van der Waals surface area contributed by atoms with E-state index in [1.165, 1.54) is 11.3 Å². The van der Waals surface area contributed by atoms with Crippen LogP contribution >= 0.6 is 11.3 Å². The predicted octanol–water partition coefficient (Wildman–Crippen LogP) is 5.16. The van der Waals surface area contributed by atoms with Crippen molar-refractivity contribution in [3.63, 3.8) is 0 Å². The predicted molar refractivity (Wildman–Crippen MR) is 131 cm³/mol. The summed E-state index contributed by atoms with van der Waals surface area (Å²) in [5.74, 6) is -0.140. The van der Waals surface area contributed by atoms with Crippen molar-refractivity contribution in [2.75, 3.05) is 18.4 Å². The molecule has 1 N–H and O–H groups in total. The van der Waals surface area contributed by atoms with Crippen LogP contribution in [-0.2, 0) is 4.79 Å². The Balaban J connectivity index is 1.22. The van der Waals surface area contributed by atoms with Gasteiger partial charge in [-0.15, -0.1) is 0 Å². The molecule has 0 unspecified atom stereocenters. The van der Waals surface area contributed by atoms with E-state index in [2.05, 4.69) is 15.3 Å². The molecule has 166 valence electrons. The van der Waals surface area contributed by atoms with Crippen LogP contribution < -0.4 is 5.32 Å². The number of amides is 2. The number of fused-ring (bicyclic) bond motifs is 1. The van der Waals surface area contributed by atoms with Crippen LogP contribution in [0.25, 0.3) is 21.3 Å². The highest BCUT2D eigenvalue weighted by Crippen LogP contribution is 2.32. The number of hydrogen-bond acceptors (Lipinski definition) is 5. The summed E-state index contributed by atoms with van der Waals surface area (Å²) in [5.41, 5.74) is 2.43. The van der Waals surface area contributed by atoms with Crippen LogP contribution in [-0.4, -0.2) is 39.8 Å². The van der Waals surface area contributed by atoms with Gasteiger partial charge in [-0.25, -0.2) is 4.98 Å². The Morgan fingerprint density at radius 1 is 1.00 bits per heavy atom. The molecule has 0 atom stereocenters. The van der Waals surface area contributed by atoms with Gasteiger partial charge in [-0.05, 0) is 48.7 Å². The second-order valence-corrected chi connectivity index (χ2v) is 9.23. The topological polar surface area (TPSA) is 75.2 Å². The van der Waals surface area contributed by atoms with Gasteiger partial charge >= 0.3 is 0 Å². The van der Waals surface area contributed by atoms with Crippen molar-refractivity contribution in [1.29, 1.82) is 0 Å². The molecule has 33 heavy (non-hydrogen) atoms. The normalized spacial score (nSPS) is 14.4. The van der Waals surface area contributed by atoms with Crippen molar-refractivity contribution < 1.29 is 9.59 Å². The smallest absolute Gasteiger partial charge is 0.254 e. The number of aromatic nitrogens is 2. The second kappa shape index (κ2) is 9.11. The summed E-state index contributed by atoms with van der Waals surface area (Å²) in [6.45, 7) is 3.06. The number of piperidine rings is 1. The van der Waals surface area contributed by atoms with Crippen LogP contribution in [0.1, 0.15) is 28.9 Å². The lowest BCUT2D eigenvalue weighted by Crippen LogP contribution is -2.41. The Morgan fingerprint density at radius 3 is 2.55 bits per heavy atom. The monoisotopic (exact) mass is 456 g/mol. The van der Waals surface area contributed by atoms with Gasteiger partial charge in [-0.2, -0.15) is 0 Å². The highest BCUT2D eigenvalue weighted by molar-refractivity contribution is 7.19. The first-order chi connectivity index (χ1) is 16.1. The molecule has 0 radical (unpaired) electrons. The number of carbonyl (C=O) groups is 2. The molecule has 0 saturated carbocycles. The van der Waals surface area contributed by atoms with E-state index in [0.717, 1.165) is 32.6 Å². The van der Waals surface area contributed by atoms with Crippen molar-refractivity contribution >= 4 is 39.1 Å². The zero-order chi connectivity index (χ0) is 22.8. The van der Waals surface area contributed by atoms with Gasteiger partial charge in [0.2, 0.25) is 5.91 Å². The number of likely N-dealkylation sites (tertiary alicyclic amines) is 1. The van der Waals surface area contributed by atoms with E-state index in [0.29, 0.717) is 31.1 Å². The average molecular weight is 457 g/mol. The average Bonchev–Trinajstić information content (AvgIpc) is 3.23. The first-order valence-corrected chi connectivity index (χ1v) is 11.9. The Bertz CT molecular complexity index is 1310. The maximum atomic E-state index is 13.2. The summed E-state index contributed by atoms with van der Waals surface area (Å²) in [7, 11) is 0. The molecule has 0 spiro atoms. The number of aryl methyl sites for hydroxylation is 1. The highest BCUT2D eigenvalue weighted by atomic mass is 32.1. The van der Waals surface area contributed by atoms with Crippen molar-refractivity contribution in [2.24, 2.45) is 5.92 Å². The lowest BCUT2D eigenvalue weighted by molar-refractivity contribution is -0.121. The number of hydrogen-bond donors (Lipinski definition) is 1. The zero-order valence-electron chi connectivity index (χ0n) is 18.3. The Labute approximate surface area is 196 Å². The minimum Gasteiger partial charge on any atom is -0.339 e. The van der Waals surface area contributed by atoms with Gasteiger partial charge in [0.05, 0.1) is 16.3 Å². The maximum absolute atomic E-state index is 13.2. The van der Waals surface area contributed by atoms with Crippen molar-refractivity contribution in [2.45, 2.75) is 19.8 Å². The molecule has 0 aliphatic carbocycles. The van der Waals surface area contributed by atoms with Gasteiger partial charge in [0.25, 0.3) is 5.91 Å². The molecule has 2 aromatic heterocycles. The van der Waals surface area contributed by atoms with Gasteiger partial charge in [0.1, 0.15) is 0 Å². The standard InChI is InChI=1S/C26H24N4O2S/c1-17-23(22-11-4-5-14-27-22)33-26(28-17)29-24(31)19-12-15-30(16-13-19)25(32)21-10-6-8-18-7-2-3-9-20(18)21/h2-11,14,19H,12-13,15-16H2,1H3,(H,28,29,31). The van der Waals surface area contributed by atoms with Crippen LogP contribution in [0.5, 0.6) is 0 Å².